The van der Waals surface area contributed by atoms with Crippen LogP contribution in [0.3, 0.4) is 0 Å². The summed E-state index contributed by atoms with van der Waals surface area (Å²) >= 11 is 1.59. The molecule has 0 radical (unpaired) electrons. The highest BCUT2D eigenvalue weighted by molar-refractivity contribution is 7.13. The minimum Gasteiger partial charge on any atom is -0.337 e. The SMILES string of the molecule is Cc1ncsc1-c1nc(N2CCNC(C)C2)n[nH]1. The Balaban J connectivity index is 1.83. The standard InChI is InChI=1S/C11H16N6S/c1-7-5-17(4-3-12-7)11-14-10(15-16-11)9-8(2)13-6-18-9/h6-7,12H,3-5H2,1-2H3,(H,14,15,16). The highest BCUT2D eigenvalue weighted by Gasteiger charge is 2.20. The fourth-order valence-corrected chi connectivity index (χ4v) is 2.88. The van der Waals surface area contributed by atoms with Gasteiger partial charge >= 0.3 is 0 Å². The monoisotopic (exact) mass is 264 g/mol. The number of aromatic nitrogens is 4. The summed E-state index contributed by atoms with van der Waals surface area (Å²) in [5, 5.41) is 10.7. The molecular weight excluding hydrogens is 248 g/mol. The molecule has 1 unspecified atom stereocenters. The zero-order valence-electron chi connectivity index (χ0n) is 10.5. The lowest BCUT2D eigenvalue weighted by Crippen LogP contribution is -2.49. The number of hydrogen-bond donors (Lipinski definition) is 2. The van der Waals surface area contributed by atoms with Gasteiger partial charge in [0.25, 0.3) is 0 Å². The molecule has 3 heterocycles. The number of H-pyrrole nitrogens is 1. The van der Waals surface area contributed by atoms with Crippen LogP contribution in [0, 0.1) is 6.92 Å². The van der Waals surface area contributed by atoms with Crippen LogP contribution in [-0.4, -0.2) is 45.8 Å². The third-order valence-electron chi connectivity index (χ3n) is 3.09. The van der Waals surface area contributed by atoms with Crippen LogP contribution in [-0.2, 0) is 0 Å². The maximum atomic E-state index is 4.57. The molecule has 1 atom stereocenters. The molecule has 1 saturated heterocycles. The molecule has 0 aromatic carbocycles. The van der Waals surface area contributed by atoms with E-state index >= 15 is 0 Å². The predicted molar refractivity (Wildman–Crippen MR) is 71.9 cm³/mol. The lowest BCUT2D eigenvalue weighted by Gasteiger charge is -2.30. The smallest absolute Gasteiger partial charge is 0.245 e. The van der Waals surface area contributed by atoms with E-state index in [9.17, 15) is 0 Å². The zero-order valence-corrected chi connectivity index (χ0v) is 11.3. The first-order chi connectivity index (χ1) is 8.74. The van der Waals surface area contributed by atoms with E-state index in [4.69, 9.17) is 0 Å². The molecule has 2 aromatic heterocycles. The largest absolute Gasteiger partial charge is 0.337 e. The molecule has 2 aromatic rings. The molecule has 1 aliphatic rings. The Hall–Kier alpha value is -1.47. The van der Waals surface area contributed by atoms with E-state index in [1.165, 1.54) is 0 Å². The van der Waals surface area contributed by atoms with Crippen molar-refractivity contribution in [1.82, 2.24) is 25.5 Å². The first-order valence-corrected chi connectivity index (χ1v) is 6.93. The summed E-state index contributed by atoms with van der Waals surface area (Å²) in [6, 6.07) is 0.478. The Morgan fingerprint density at radius 3 is 3.11 bits per heavy atom. The number of rotatable bonds is 2. The van der Waals surface area contributed by atoms with E-state index in [1.54, 1.807) is 11.3 Å². The Kier molecular flexibility index (Phi) is 3.00. The lowest BCUT2D eigenvalue weighted by molar-refractivity contribution is 0.480. The van der Waals surface area contributed by atoms with Gasteiger partial charge in [-0.2, -0.15) is 4.98 Å². The van der Waals surface area contributed by atoms with Crippen molar-refractivity contribution >= 4 is 17.3 Å². The number of piperazine rings is 1. The molecule has 0 bridgehead atoms. The molecule has 6 nitrogen and oxygen atoms in total. The van der Waals surface area contributed by atoms with Crippen LogP contribution in [0.4, 0.5) is 5.95 Å². The highest BCUT2D eigenvalue weighted by atomic mass is 32.1. The maximum Gasteiger partial charge on any atom is 0.245 e. The molecule has 7 heteroatoms. The summed E-state index contributed by atoms with van der Waals surface area (Å²) in [7, 11) is 0. The first-order valence-electron chi connectivity index (χ1n) is 6.05. The molecule has 1 aliphatic heterocycles. The molecule has 2 N–H and O–H groups in total. The second-order valence-corrected chi connectivity index (χ2v) is 5.41. The molecule has 0 amide bonds. The van der Waals surface area contributed by atoms with Gasteiger partial charge in [-0.05, 0) is 13.8 Å². The summed E-state index contributed by atoms with van der Waals surface area (Å²) in [4.78, 5) is 12.1. The quantitative estimate of drug-likeness (QED) is 0.848. The highest BCUT2D eigenvalue weighted by Crippen LogP contribution is 2.25. The normalized spacial score (nSPS) is 20.3. The molecule has 1 fully saturated rings. The predicted octanol–water partition coefficient (Wildman–Crippen LogP) is 1.03. The average Bonchev–Trinajstić information content (AvgIpc) is 2.97. The number of aryl methyl sites for hydroxylation is 1. The van der Waals surface area contributed by atoms with Crippen LogP contribution in [0.5, 0.6) is 0 Å². The third-order valence-corrected chi connectivity index (χ3v) is 4.02. The molecule has 0 saturated carbocycles. The topological polar surface area (TPSA) is 69.7 Å². The molecule has 3 rings (SSSR count). The fourth-order valence-electron chi connectivity index (χ4n) is 2.14. The molecule has 18 heavy (non-hydrogen) atoms. The van der Waals surface area contributed by atoms with Crippen LogP contribution in [0.25, 0.3) is 10.7 Å². The zero-order chi connectivity index (χ0) is 12.5. The van der Waals surface area contributed by atoms with Crippen LogP contribution >= 0.6 is 11.3 Å². The van der Waals surface area contributed by atoms with Crippen LogP contribution in [0.2, 0.25) is 0 Å². The van der Waals surface area contributed by atoms with E-state index in [0.717, 1.165) is 42.0 Å². The number of hydrogen-bond acceptors (Lipinski definition) is 6. The van der Waals surface area contributed by atoms with E-state index < -0.39 is 0 Å². The Bertz CT molecular complexity index is 533. The van der Waals surface area contributed by atoms with Gasteiger partial charge in [-0.15, -0.1) is 16.4 Å². The van der Waals surface area contributed by atoms with Crippen molar-refractivity contribution in [2.75, 3.05) is 24.5 Å². The Labute approximate surface area is 109 Å². The van der Waals surface area contributed by atoms with Crippen molar-refractivity contribution < 1.29 is 0 Å². The first kappa shape index (κ1) is 11.6. The van der Waals surface area contributed by atoms with Gasteiger partial charge in [0.1, 0.15) is 0 Å². The van der Waals surface area contributed by atoms with Crippen molar-refractivity contribution in [3.8, 4) is 10.7 Å². The molecule has 0 spiro atoms. The third kappa shape index (κ3) is 2.11. The number of nitrogens with zero attached hydrogens (tertiary/aromatic N) is 4. The van der Waals surface area contributed by atoms with Gasteiger partial charge in [0.2, 0.25) is 5.95 Å². The molecular formula is C11H16N6S. The molecule has 96 valence electrons. The average molecular weight is 264 g/mol. The van der Waals surface area contributed by atoms with Crippen LogP contribution < -0.4 is 10.2 Å². The summed E-state index contributed by atoms with van der Waals surface area (Å²) < 4.78 is 0. The fraction of sp³-hybridized carbons (Fsp3) is 0.545. The Morgan fingerprint density at radius 2 is 2.39 bits per heavy atom. The van der Waals surface area contributed by atoms with E-state index in [2.05, 4.69) is 37.3 Å². The minimum atomic E-state index is 0.478. The van der Waals surface area contributed by atoms with Gasteiger partial charge in [0, 0.05) is 25.7 Å². The van der Waals surface area contributed by atoms with Gasteiger partial charge in [0.05, 0.1) is 16.1 Å². The number of thiazole rings is 1. The van der Waals surface area contributed by atoms with E-state index in [-0.39, 0.29) is 0 Å². The summed E-state index contributed by atoms with van der Waals surface area (Å²) in [5.74, 6) is 1.60. The molecule has 0 aliphatic carbocycles. The van der Waals surface area contributed by atoms with Crippen LogP contribution in [0.1, 0.15) is 12.6 Å². The van der Waals surface area contributed by atoms with Crippen molar-refractivity contribution in [3.63, 3.8) is 0 Å². The van der Waals surface area contributed by atoms with Crippen molar-refractivity contribution in [1.29, 1.82) is 0 Å². The van der Waals surface area contributed by atoms with Gasteiger partial charge in [-0.3, -0.25) is 5.10 Å². The van der Waals surface area contributed by atoms with Crippen LogP contribution in [0.15, 0.2) is 5.51 Å². The van der Waals surface area contributed by atoms with Crippen molar-refractivity contribution in [3.05, 3.63) is 11.2 Å². The van der Waals surface area contributed by atoms with Gasteiger partial charge in [-0.25, -0.2) is 4.98 Å². The van der Waals surface area contributed by atoms with E-state index in [0.29, 0.717) is 6.04 Å². The number of anilines is 1. The van der Waals surface area contributed by atoms with Gasteiger partial charge in [-0.1, -0.05) is 0 Å². The summed E-state index contributed by atoms with van der Waals surface area (Å²) in [6.45, 7) is 7.03. The van der Waals surface area contributed by atoms with Gasteiger partial charge in [0.15, 0.2) is 5.82 Å². The van der Waals surface area contributed by atoms with Crippen molar-refractivity contribution in [2.24, 2.45) is 0 Å². The van der Waals surface area contributed by atoms with Gasteiger partial charge < -0.3 is 10.2 Å². The van der Waals surface area contributed by atoms with Crippen molar-refractivity contribution in [2.45, 2.75) is 19.9 Å². The second-order valence-electron chi connectivity index (χ2n) is 4.55. The number of nitrogens with one attached hydrogen (secondary N) is 2. The maximum absolute atomic E-state index is 4.57. The van der Waals surface area contributed by atoms with E-state index in [1.807, 2.05) is 12.4 Å². The Morgan fingerprint density at radius 1 is 1.50 bits per heavy atom. The minimum absolute atomic E-state index is 0.478. The summed E-state index contributed by atoms with van der Waals surface area (Å²) in [5.41, 5.74) is 2.83. The second kappa shape index (κ2) is 4.66. The lowest BCUT2D eigenvalue weighted by atomic mass is 10.2. The number of aromatic amines is 1. The summed E-state index contributed by atoms with van der Waals surface area (Å²) in [6.07, 6.45) is 0.